The Morgan fingerprint density at radius 3 is 2.68 bits per heavy atom. The van der Waals surface area contributed by atoms with E-state index in [0.717, 1.165) is 23.7 Å². The van der Waals surface area contributed by atoms with E-state index in [4.69, 9.17) is 10.9 Å². The van der Waals surface area contributed by atoms with Crippen LogP contribution >= 0.6 is 15.9 Å². The Kier molecular flexibility index (Phi) is 4.42. The van der Waals surface area contributed by atoms with Crippen LogP contribution < -0.4 is 11.1 Å². The molecule has 1 fully saturated rings. The van der Waals surface area contributed by atoms with Gasteiger partial charge in [-0.1, -0.05) is 27.5 Å². The van der Waals surface area contributed by atoms with Crippen LogP contribution in [-0.2, 0) is 0 Å². The van der Waals surface area contributed by atoms with Gasteiger partial charge in [-0.2, -0.15) is 0 Å². The molecule has 0 aliphatic heterocycles. The number of benzene rings is 1. The molecule has 1 aliphatic rings. The minimum atomic E-state index is -0.130. The molecule has 4 N–H and O–H groups in total. The van der Waals surface area contributed by atoms with E-state index in [0.29, 0.717) is 5.56 Å². The van der Waals surface area contributed by atoms with Gasteiger partial charge in [0.2, 0.25) is 0 Å². The van der Waals surface area contributed by atoms with Gasteiger partial charge in [-0.05, 0) is 37.1 Å². The molecule has 2 rings (SSSR count). The molecule has 0 radical (unpaired) electrons. The van der Waals surface area contributed by atoms with Crippen molar-refractivity contribution in [3.05, 3.63) is 34.3 Å². The Morgan fingerprint density at radius 1 is 1.37 bits per heavy atom. The quantitative estimate of drug-likeness (QED) is 0.344. The number of hydrogen-bond donors (Lipinski definition) is 3. The molecule has 1 aromatic rings. The fourth-order valence-corrected chi connectivity index (χ4v) is 2.68. The van der Waals surface area contributed by atoms with Crippen molar-refractivity contribution in [3.63, 3.8) is 0 Å². The van der Waals surface area contributed by atoms with E-state index in [1.54, 1.807) is 12.1 Å². The minimum absolute atomic E-state index is 0.0629. The van der Waals surface area contributed by atoms with E-state index in [2.05, 4.69) is 26.4 Å². The molecule has 1 amide bonds. The Balaban J connectivity index is 2.04. The smallest absolute Gasteiger partial charge is 0.251 e. The first-order chi connectivity index (χ1) is 9.11. The van der Waals surface area contributed by atoms with Crippen LogP contribution in [0.15, 0.2) is 33.9 Å². The average Bonchev–Trinajstić information content (AvgIpc) is 2.86. The lowest BCUT2D eigenvalue weighted by molar-refractivity contribution is 0.0933. The van der Waals surface area contributed by atoms with Crippen LogP contribution in [0.25, 0.3) is 0 Å². The number of nitrogens with two attached hydrogens (primary N) is 1. The van der Waals surface area contributed by atoms with E-state index in [9.17, 15) is 4.79 Å². The number of rotatable bonds is 3. The Bertz CT molecular complexity index is 487. The van der Waals surface area contributed by atoms with Crippen LogP contribution in [0.3, 0.4) is 0 Å². The first-order valence-electron chi connectivity index (χ1n) is 6.15. The van der Waals surface area contributed by atoms with Crippen molar-refractivity contribution < 1.29 is 10.0 Å². The van der Waals surface area contributed by atoms with Gasteiger partial charge in [0.05, 0.1) is 0 Å². The number of amidine groups is 1. The van der Waals surface area contributed by atoms with Crippen molar-refractivity contribution in [2.24, 2.45) is 16.8 Å². The normalized spacial score (nSPS) is 23.3. The molecule has 1 aromatic carbocycles. The second-order valence-electron chi connectivity index (χ2n) is 4.65. The SMILES string of the molecule is NC(=NO)C1CCCC1NC(=O)c1ccc(Br)cc1. The van der Waals surface area contributed by atoms with Gasteiger partial charge in [0.15, 0.2) is 0 Å². The highest BCUT2D eigenvalue weighted by atomic mass is 79.9. The molecule has 0 spiro atoms. The molecule has 0 heterocycles. The Labute approximate surface area is 120 Å². The molecule has 2 atom stereocenters. The summed E-state index contributed by atoms with van der Waals surface area (Å²) in [6.45, 7) is 0. The predicted molar refractivity (Wildman–Crippen MR) is 76.1 cm³/mol. The summed E-state index contributed by atoms with van der Waals surface area (Å²) in [5, 5.41) is 14.7. The minimum Gasteiger partial charge on any atom is -0.409 e. The largest absolute Gasteiger partial charge is 0.409 e. The third kappa shape index (κ3) is 3.26. The number of nitrogens with one attached hydrogen (secondary N) is 1. The molecule has 1 saturated carbocycles. The molecule has 2 unspecified atom stereocenters. The highest BCUT2D eigenvalue weighted by molar-refractivity contribution is 9.10. The number of carbonyl (C=O) groups is 1. The first kappa shape index (κ1) is 13.9. The summed E-state index contributed by atoms with van der Waals surface area (Å²) >= 11 is 3.33. The zero-order chi connectivity index (χ0) is 13.8. The topological polar surface area (TPSA) is 87.7 Å². The molecular formula is C13H16BrN3O2. The van der Waals surface area contributed by atoms with Gasteiger partial charge in [0.25, 0.3) is 5.91 Å². The molecule has 1 aliphatic carbocycles. The first-order valence-corrected chi connectivity index (χ1v) is 6.95. The number of halogens is 1. The number of amides is 1. The second-order valence-corrected chi connectivity index (χ2v) is 5.56. The monoisotopic (exact) mass is 325 g/mol. The second kappa shape index (κ2) is 6.06. The molecule has 0 bridgehead atoms. The van der Waals surface area contributed by atoms with E-state index in [1.165, 1.54) is 0 Å². The van der Waals surface area contributed by atoms with Crippen LogP contribution in [0.4, 0.5) is 0 Å². The summed E-state index contributed by atoms with van der Waals surface area (Å²) in [6.07, 6.45) is 2.65. The molecule has 19 heavy (non-hydrogen) atoms. The fraction of sp³-hybridized carbons (Fsp3) is 0.385. The molecular weight excluding hydrogens is 310 g/mol. The lowest BCUT2D eigenvalue weighted by atomic mass is 10.0. The van der Waals surface area contributed by atoms with Crippen molar-refractivity contribution in [1.82, 2.24) is 5.32 Å². The van der Waals surface area contributed by atoms with Crippen LogP contribution in [0, 0.1) is 5.92 Å². The lowest BCUT2D eigenvalue weighted by Gasteiger charge is -2.19. The van der Waals surface area contributed by atoms with Gasteiger partial charge >= 0.3 is 0 Å². The van der Waals surface area contributed by atoms with Gasteiger partial charge in [-0.15, -0.1) is 0 Å². The van der Waals surface area contributed by atoms with Gasteiger partial charge in [-0.3, -0.25) is 4.79 Å². The number of nitrogens with zero attached hydrogens (tertiary/aromatic N) is 1. The van der Waals surface area contributed by atoms with Crippen LogP contribution in [0.2, 0.25) is 0 Å². The molecule has 102 valence electrons. The summed E-state index contributed by atoms with van der Waals surface area (Å²) in [4.78, 5) is 12.1. The number of hydrogen-bond acceptors (Lipinski definition) is 3. The van der Waals surface area contributed by atoms with Gasteiger partial charge < -0.3 is 16.3 Å². The van der Waals surface area contributed by atoms with Crippen molar-refractivity contribution in [2.75, 3.05) is 0 Å². The predicted octanol–water partition coefficient (Wildman–Crippen LogP) is 2.09. The molecule has 6 heteroatoms. The lowest BCUT2D eigenvalue weighted by Crippen LogP contribution is -2.42. The number of carbonyl (C=O) groups excluding carboxylic acids is 1. The average molecular weight is 326 g/mol. The van der Waals surface area contributed by atoms with Crippen molar-refractivity contribution in [2.45, 2.75) is 25.3 Å². The summed E-state index contributed by atoms with van der Waals surface area (Å²) in [5.41, 5.74) is 6.25. The number of oxime groups is 1. The maximum atomic E-state index is 12.1. The highest BCUT2D eigenvalue weighted by Crippen LogP contribution is 2.26. The van der Waals surface area contributed by atoms with Crippen LogP contribution in [0.5, 0.6) is 0 Å². The van der Waals surface area contributed by atoms with Crippen molar-refractivity contribution >= 4 is 27.7 Å². The van der Waals surface area contributed by atoms with Crippen molar-refractivity contribution in [1.29, 1.82) is 0 Å². The summed E-state index contributed by atoms with van der Waals surface area (Å²) < 4.78 is 0.930. The molecule has 5 nitrogen and oxygen atoms in total. The summed E-state index contributed by atoms with van der Waals surface area (Å²) in [5.74, 6) is -0.0156. The standard InChI is InChI=1S/C13H16BrN3O2/c14-9-6-4-8(5-7-9)13(18)16-11-3-1-2-10(11)12(15)17-19/h4-7,10-11,19H,1-3H2,(H2,15,17)(H,16,18). The maximum Gasteiger partial charge on any atom is 0.251 e. The van der Waals surface area contributed by atoms with Gasteiger partial charge in [0, 0.05) is 22.0 Å². The van der Waals surface area contributed by atoms with Gasteiger partial charge in [0.1, 0.15) is 5.84 Å². The Hall–Kier alpha value is -1.56. The zero-order valence-corrected chi connectivity index (χ0v) is 11.9. The zero-order valence-electron chi connectivity index (χ0n) is 10.3. The Morgan fingerprint density at radius 2 is 2.05 bits per heavy atom. The van der Waals surface area contributed by atoms with E-state index in [1.807, 2.05) is 12.1 Å². The van der Waals surface area contributed by atoms with Crippen molar-refractivity contribution in [3.8, 4) is 0 Å². The summed E-state index contributed by atoms with van der Waals surface area (Å²) in [7, 11) is 0. The highest BCUT2D eigenvalue weighted by Gasteiger charge is 2.31. The fourth-order valence-electron chi connectivity index (χ4n) is 2.41. The van der Waals surface area contributed by atoms with Crippen LogP contribution in [0.1, 0.15) is 29.6 Å². The van der Waals surface area contributed by atoms with Gasteiger partial charge in [-0.25, -0.2) is 0 Å². The van der Waals surface area contributed by atoms with E-state index < -0.39 is 0 Å². The molecule has 0 saturated heterocycles. The third-order valence-corrected chi connectivity index (χ3v) is 3.96. The third-order valence-electron chi connectivity index (χ3n) is 3.43. The van der Waals surface area contributed by atoms with E-state index >= 15 is 0 Å². The van der Waals surface area contributed by atoms with E-state index in [-0.39, 0.29) is 23.7 Å². The summed E-state index contributed by atoms with van der Waals surface area (Å²) in [6, 6.07) is 7.10. The maximum absolute atomic E-state index is 12.1. The molecule has 0 aromatic heterocycles. The van der Waals surface area contributed by atoms with Crippen LogP contribution in [-0.4, -0.2) is 23.0 Å².